The summed E-state index contributed by atoms with van der Waals surface area (Å²) in [5, 5.41) is 1.36. The second-order valence-corrected chi connectivity index (χ2v) is 5.61. The van der Waals surface area contributed by atoms with Gasteiger partial charge in [-0.3, -0.25) is 4.90 Å². The van der Waals surface area contributed by atoms with E-state index in [1.807, 2.05) is 0 Å². The summed E-state index contributed by atoms with van der Waals surface area (Å²) in [6, 6.07) is 8.60. The SMILES string of the molecule is Cc1c(CN2CCOC(CN)C2)n(C)c2ccccc12. The van der Waals surface area contributed by atoms with E-state index >= 15 is 0 Å². The first-order chi connectivity index (χ1) is 9.70. The predicted octanol–water partition coefficient (Wildman–Crippen LogP) is 1.65. The number of para-hydroxylation sites is 1. The Morgan fingerprint density at radius 1 is 1.35 bits per heavy atom. The summed E-state index contributed by atoms with van der Waals surface area (Å²) in [6.45, 7) is 6.49. The van der Waals surface area contributed by atoms with Gasteiger partial charge in [0.1, 0.15) is 0 Å². The molecule has 2 aromatic rings. The zero-order chi connectivity index (χ0) is 14.1. The van der Waals surface area contributed by atoms with Crippen LogP contribution < -0.4 is 5.73 Å². The Labute approximate surface area is 120 Å². The maximum Gasteiger partial charge on any atom is 0.0824 e. The van der Waals surface area contributed by atoms with E-state index in [1.165, 1.54) is 22.2 Å². The van der Waals surface area contributed by atoms with E-state index in [9.17, 15) is 0 Å². The van der Waals surface area contributed by atoms with Crippen molar-refractivity contribution in [2.45, 2.75) is 19.6 Å². The van der Waals surface area contributed by atoms with Crippen LogP contribution in [0.2, 0.25) is 0 Å². The second kappa shape index (κ2) is 5.56. The summed E-state index contributed by atoms with van der Waals surface area (Å²) in [4.78, 5) is 2.45. The van der Waals surface area contributed by atoms with Crippen LogP contribution in [0.4, 0.5) is 0 Å². The van der Waals surface area contributed by atoms with Gasteiger partial charge in [0.15, 0.2) is 0 Å². The lowest BCUT2D eigenvalue weighted by Crippen LogP contribution is -2.45. The molecule has 0 bridgehead atoms. The molecule has 1 aliphatic heterocycles. The number of aromatic nitrogens is 1. The maximum absolute atomic E-state index is 5.72. The van der Waals surface area contributed by atoms with Gasteiger partial charge in [0.25, 0.3) is 0 Å². The van der Waals surface area contributed by atoms with Crippen LogP contribution >= 0.6 is 0 Å². The van der Waals surface area contributed by atoms with Crippen molar-refractivity contribution >= 4 is 10.9 Å². The average molecular weight is 273 g/mol. The van der Waals surface area contributed by atoms with Crippen LogP contribution in [0.3, 0.4) is 0 Å². The molecule has 0 radical (unpaired) electrons. The van der Waals surface area contributed by atoms with Crippen molar-refractivity contribution in [3.8, 4) is 0 Å². The molecule has 0 amide bonds. The van der Waals surface area contributed by atoms with Gasteiger partial charge in [-0.1, -0.05) is 18.2 Å². The van der Waals surface area contributed by atoms with Crippen LogP contribution in [0.15, 0.2) is 24.3 Å². The Morgan fingerprint density at radius 2 is 2.15 bits per heavy atom. The molecule has 1 aromatic carbocycles. The smallest absolute Gasteiger partial charge is 0.0824 e. The molecule has 1 atom stereocenters. The number of rotatable bonds is 3. The number of benzene rings is 1. The van der Waals surface area contributed by atoms with Crippen molar-refractivity contribution in [1.82, 2.24) is 9.47 Å². The number of hydrogen-bond acceptors (Lipinski definition) is 3. The third-order valence-electron chi connectivity index (χ3n) is 4.37. The third kappa shape index (κ3) is 2.35. The number of morpholine rings is 1. The van der Waals surface area contributed by atoms with Crippen LogP contribution in [0.5, 0.6) is 0 Å². The Hall–Kier alpha value is -1.36. The van der Waals surface area contributed by atoms with Crippen LogP contribution in [-0.2, 0) is 18.3 Å². The molecule has 1 saturated heterocycles. The number of hydrogen-bond donors (Lipinski definition) is 1. The maximum atomic E-state index is 5.72. The molecule has 1 aromatic heterocycles. The monoisotopic (exact) mass is 273 g/mol. The summed E-state index contributed by atoms with van der Waals surface area (Å²) in [5.74, 6) is 0. The Bertz CT molecular complexity index is 566. The fourth-order valence-corrected chi connectivity index (χ4v) is 3.14. The van der Waals surface area contributed by atoms with E-state index in [2.05, 4.69) is 47.7 Å². The van der Waals surface area contributed by atoms with Gasteiger partial charge in [-0.15, -0.1) is 0 Å². The molecule has 20 heavy (non-hydrogen) atoms. The van der Waals surface area contributed by atoms with Crippen molar-refractivity contribution in [2.75, 3.05) is 26.2 Å². The summed E-state index contributed by atoms with van der Waals surface area (Å²) in [6.07, 6.45) is 0.179. The fourth-order valence-electron chi connectivity index (χ4n) is 3.14. The summed E-state index contributed by atoms with van der Waals surface area (Å²) < 4.78 is 7.96. The third-order valence-corrected chi connectivity index (χ3v) is 4.37. The van der Waals surface area contributed by atoms with Gasteiger partial charge in [-0.2, -0.15) is 0 Å². The molecule has 0 aliphatic carbocycles. The number of aryl methyl sites for hydroxylation is 2. The minimum absolute atomic E-state index is 0.179. The molecule has 0 spiro atoms. The van der Waals surface area contributed by atoms with E-state index in [0.29, 0.717) is 6.54 Å². The van der Waals surface area contributed by atoms with Gasteiger partial charge in [-0.25, -0.2) is 0 Å². The molecular formula is C16H23N3O. The van der Waals surface area contributed by atoms with Gasteiger partial charge in [0.05, 0.1) is 12.7 Å². The fraction of sp³-hybridized carbons (Fsp3) is 0.500. The van der Waals surface area contributed by atoms with Gasteiger partial charge < -0.3 is 15.0 Å². The molecule has 2 heterocycles. The highest BCUT2D eigenvalue weighted by Gasteiger charge is 2.21. The van der Waals surface area contributed by atoms with Crippen molar-refractivity contribution in [3.63, 3.8) is 0 Å². The summed E-state index contributed by atoms with van der Waals surface area (Å²) in [5.41, 5.74) is 9.81. The lowest BCUT2D eigenvalue weighted by molar-refractivity contribution is -0.0266. The van der Waals surface area contributed by atoms with E-state index in [1.54, 1.807) is 0 Å². The molecule has 1 fully saturated rings. The van der Waals surface area contributed by atoms with Gasteiger partial charge >= 0.3 is 0 Å². The number of fused-ring (bicyclic) bond motifs is 1. The zero-order valence-corrected chi connectivity index (χ0v) is 12.3. The topological polar surface area (TPSA) is 43.4 Å². The first-order valence-electron chi connectivity index (χ1n) is 7.27. The Balaban J connectivity index is 1.87. The molecule has 1 unspecified atom stereocenters. The first-order valence-corrected chi connectivity index (χ1v) is 7.27. The molecule has 1 aliphatic rings. The summed E-state index contributed by atoms with van der Waals surface area (Å²) in [7, 11) is 2.16. The Kier molecular flexibility index (Phi) is 3.78. The van der Waals surface area contributed by atoms with E-state index in [-0.39, 0.29) is 6.10 Å². The molecule has 2 N–H and O–H groups in total. The highest BCUT2D eigenvalue weighted by molar-refractivity contribution is 5.85. The van der Waals surface area contributed by atoms with Crippen LogP contribution in [0.25, 0.3) is 10.9 Å². The Morgan fingerprint density at radius 3 is 2.90 bits per heavy atom. The van der Waals surface area contributed by atoms with Crippen LogP contribution in [0, 0.1) is 6.92 Å². The lowest BCUT2D eigenvalue weighted by Gasteiger charge is -2.32. The van der Waals surface area contributed by atoms with Crippen LogP contribution in [-0.4, -0.2) is 41.8 Å². The highest BCUT2D eigenvalue weighted by Crippen LogP contribution is 2.25. The molecular weight excluding hydrogens is 250 g/mol. The van der Waals surface area contributed by atoms with Gasteiger partial charge in [0.2, 0.25) is 0 Å². The second-order valence-electron chi connectivity index (χ2n) is 5.61. The molecule has 4 nitrogen and oxygen atoms in total. The zero-order valence-electron chi connectivity index (χ0n) is 12.3. The molecule has 108 valence electrons. The predicted molar refractivity (Wildman–Crippen MR) is 81.7 cm³/mol. The number of ether oxygens (including phenoxy) is 1. The summed E-state index contributed by atoms with van der Waals surface area (Å²) >= 11 is 0. The van der Waals surface area contributed by atoms with E-state index < -0.39 is 0 Å². The van der Waals surface area contributed by atoms with Gasteiger partial charge in [-0.05, 0) is 18.6 Å². The average Bonchev–Trinajstić information content (AvgIpc) is 2.73. The minimum Gasteiger partial charge on any atom is -0.374 e. The van der Waals surface area contributed by atoms with Crippen LogP contribution in [0.1, 0.15) is 11.3 Å². The first kappa shape index (κ1) is 13.6. The highest BCUT2D eigenvalue weighted by atomic mass is 16.5. The largest absolute Gasteiger partial charge is 0.374 e. The molecule has 3 rings (SSSR count). The number of nitrogens with zero attached hydrogens (tertiary/aromatic N) is 2. The van der Waals surface area contributed by atoms with E-state index in [4.69, 9.17) is 10.5 Å². The quantitative estimate of drug-likeness (QED) is 0.924. The molecule has 4 heteroatoms. The van der Waals surface area contributed by atoms with Gasteiger partial charge in [0, 0.05) is 49.8 Å². The van der Waals surface area contributed by atoms with Crippen molar-refractivity contribution in [3.05, 3.63) is 35.5 Å². The number of nitrogens with two attached hydrogens (primary N) is 1. The molecule has 0 saturated carbocycles. The lowest BCUT2D eigenvalue weighted by atomic mass is 10.1. The van der Waals surface area contributed by atoms with Crippen molar-refractivity contribution in [2.24, 2.45) is 12.8 Å². The van der Waals surface area contributed by atoms with Crippen molar-refractivity contribution in [1.29, 1.82) is 0 Å². The minimum atomic E-state index is 0.179. The standard InChI is InChI=1S/C16H23N3O/c1-12-14-5-3-4-6-15(14)18(2)16(12)11-19-7-8-20-13(9-17)10-19/h3-6,13H,7-11,17H2,1-2H3. The van der Waals surface area contributed by atoms with E-state index in [0.717, 1.165) is 26.2 Å². The normalized spacial score (nSPS) is 20.6. The van der Waals surface area contributed by atoms with Crippen molar-refractivity contribution < 1.29 is 4.74 Å².